The van der Waals surface area contributed by atoms with Crippen molar-refractivity contribution in [3.63, 3.8) is 0 Å². The summed E-state index contributed by atoms with van der Waals surface area (Å²) < 4.78 is 5.51. The van der Waals surface area contributed by atoms with Crippen LogP contribution in [-0.2, 0) is 4.74 Å². The van der Waals surface area contributed by atoms with Crippen LogP contribution in [0.1, 0.15) is 46.4 Å². The van der Waals surface area contributed by atoms with Crippen LogP contribution in [0.4, 0.5) is 10.7 Å². The van der Waals surface area contributed by atoms with Crippen LogP contribution in [0.15, 0.2) is 54.6 Å². The normalized spacial score (nSPS) is 11.2. The molecule has 8 heteroatoms. The number of carbonyl (C=O) groups excluding carboxylic acids is 2. The Labute approximate surface area is 177 Å². The monoisotopic (exact) mass is 424 g/mol. The molecule has 0 saturated heterocycles. The first kappa shape index (κ1) is 21.2. The second kappa shape index (κ2) is 8.08. The summed E-state index contributed by atoms with van der Waals surface area (Å²) in [4.78, 5) is 36.7. The first-order valence-corrected chi connectivity index (χ1v) is 9.90. The van der Waals surface area contributed by atoms with E-state index in [0.717, 1.165) is 11.3 Å². The first-order valence-electron chi connectivity index (χ1n) is 9.08. The molecule has 0 aliphatic carbocycles. The topological polar surface area (TPSA) is 113 Å². The van der Waals surface area contributed by atoms with E-state index in [1.807, 2.05) is 6.07 Å². The van der Waals surface area contributed by atoms with Crippen molar-refractivity contribution in [2.24, 2.45) is 0 Å². The van der Waals surface area contributed by atoms with Crippen molar-refractivity contribution in [1.82, 2.24) is 0 Å². The van der Waals surface area contributed by atoms with Crippen molar-refractivity contribution in [2.45, 2.75) is 26.4 Å². The van der Waals surface area contributed by atoms with Crippen LogP contribution in [0, 0.1) is 10.1 Å². The maximum absolute atomic E-state index is 13.2. The molecule has 0 amide bonds. The standard InChI is InChI=1S/C22H20N2O5S/c1-22(2,3)29-21(26)17-16(13-7-5-4-6-8-13)19(30-20(17)23)18(25)14-9-11-15(12-10-14)24(27)28/h4-12H,23H2,1-3H3. The summed E-state index contributed by atoms with van der Waals surface area (Å²) >= 11 is 0.997. The molecule has 0 radical (unpaired) electrons. The lowest BCUT2D eigenvalue weighted by atomic mass is 9.97. The highest BCUT2D eigenvalue weighted by Crippen LogP contribution is 2.41. The van der Waals surface area contributed by atoms with Gasteiger partial charge in [-0.2, -0.15) is 0 Å². The smallest absolute Gasteiger partial charge is 0.342 e. The van der Waals surface area contributed by atoms with Gasteiger partial charge < -0.3 is 10.5 Å². The summed E-state index contributed by atoms with van der Waals surface area (Å²) in [6, 6.07) is 14.3. The number of carbonyl (C=O) groups is 2. The van der Waals surface area contributed by atoms with Gasteiger partial charge in [-0.25, -0.2) is 4.79 Å². The van der Waals surface area contributed by atoms with Gasteiger partial charge in [-0.05, 0) is 38.5 Å². The molecule has 0 saturated carbocycles. The van der Waals surface area contributed by atoms with Gasteiger partial charge in [0.05, 0.1) is 9.80 Å². The van der Waals surface area contributed by atoms with E-state index in [9.17, 15) is 19.7 Å². The van der Waals surface area contributed by atoms with Crippen LogP contribution >= 0.6 is 11.3 Å². The van der Waals surface area contributed by atoms with Crippen molar-refractivity contribution >= 4 is 33.8 Å². The number of benzene rings is 2. The van der Waals surface area contributed by atoms with Crippen molar-refractivity contribution in [2.75, 3.05) is 5.73 Å². The van der Waals surface area contributed by atoms with E-state index in [1.165, 1.54) is 24.3 Å². The van der Waals surface area contributed by atoms with Crippen LogP contribution in [0.3, 0.4) is 0 Å². The molecule has 0 spiro atoms. The lowest BCUT2D eigenvalue weighted by molar-refractivity contribution is -0.384. The lowest BCUT2D eigenvalue weighted by Gasteiger charge is -2.20. The predicted molar refractivity (Wildman–Crippen MR) is 116 cm³/mol. The number of hydrogen-bond acceptors (Lipinski definition) is 7. The summed E-state index contributed by atoms with van der Waals surface area (Å²) in [7, 11) is 0. The Morgan fingerprint density at radius 2 is 1.63 bits per heavy atom. The Bertz CT molecular complexity index is 1110. The summed E-state index contributed by atoms with van der Waals surface area (Å²) in [6.07, 6.45) is 0. The number of thiophene rings is 1. The van der Waals surface area contributed by atoms with Gasteiger partial charge in [-0.3, -0.25) is 14.9 Å². The fourth-order valence-electron chi connectivity index (χ4n) is 2.89. The van der Waals surface area contributed by atoms with E-state index in [-0.39, 0.29) is 32.5 Å². The largest absolute Gasteiger partial charge is 0.456 e. The predicted octanol–water partition coefficient (Wildman–Crippen LogP) is 5.09. The van der Waals surface area contributed by atoms with Crippen molar-refractivity contribution in [3.8, 4) is 11.1 Å². The number of ether oxygens (including phenoxy) is 1. The quantitative estimate of drug-likeness (QED) is 0.264. The first-order chi connectivity index (χ1) is 14.1. The average molecular weight is 424 g/mol. The number of ketones is 1. The van der Waals surface area contributed by atoms with E-state index >= 15 is 0 Å². The molecule has 3 rings (SSSR count). The van der Waals surface area contributed by atoms with Gasteiger partial charge in [0.1, 0.15) is 16.2 Å². The van der Waals surface area contributed by atoms with Crippen LogP contribution in [0.5, 0.6) is 0 Å². The molecule has 0 aliphatic rings. The third-order valence-electron chi connectivity index (χ3n) is 4.15. The number of nitro benzene ring substituents is 1. The second-order valence-corrected chi connectivity index (χ2v) is 8.60. The number of hydrogen-bond donors (Lipinski definition) is 1. The summed E-state index contributed by atoms with van der Waals surface area (Å²) in [5, 5.41) is 11.1. The number of nitrogen functional groups attached to an aromatic ring is 1. The Morgan fingerprint density at radius 3 is 2.17 bits per heavy atom. The highest BCUT2D eigenvalue weighted by Gasteiger charge is 2.30. The molecule has 0 unspecified atom stereocenters. The Hall–Kier alpha value is -3.52. The van der Waals surface area contributed by atoms with Crippen LogP contribution in [-0.4, -0.2) is 22.3 Å². The molecular formula is C22H20N2O5S. The summed E-state index contributed by atoms with van der Waals surface area (Å²) in [5.74, 6) is -0.992. The molecule has 2 aromatic carbocycles. The van der Waals surface area contributed by atoms with Crippen LogP contribution in [0.2, 0.25) is 0 Å². The number of esters is 1. The third kappa shape index (κ3) is 4.38. The third-order valence-corrected chi connectivity index (χ3v) is 5.17. The number of nitrogens with two attached hydrogens (primary N) is 1. The lowest BCUT2D eigenvalue weighted by Crippen LogP contribution is -2.24. The van der Waals surface area contributed by atoms with Gasteiger partial charge in [0.15, 0.2) is 0 Å². The number of nitro groups is 1. The Morgan fingerprint density at radius 1 is 1.03 bits per heavy atom. The number of anilines is 1. The molecule has 2 N–H and O–H groups in total. The van der Waals surface area contributed by atoms with Crippen molar-refractivity contribution in [3.05, 3.63) is 80.7 Å². The van der Waals surface area contributed by atoms with E-state index in [1.54, 1.807) is 45.0 Å². The molecule has 0 fully saturated rings. The maximum Gasteiger partial charge on any atom is 0.342 e. The van der Waals surface area contributed by atoms with Gasteiger partial charge in [0.2, 0.25) is 5.78 Å². The fourth-order valence-corrected chi connectivity index (χ4v) is 3.93. The van der Waals surface area contributed by atoms with Crippen molar-refractivity contribution in [1.29, 1.82) is 0 Å². The van der Waals surface area contributed by atoms with Crippen LogP contribution < -0.4 is 5.73 Å². The minimum Gasteiger partial charge on any atom is -0.456 e. The summed E-state index contributed by atoms with van der Waals surface area (Å²) in [5.41, 5.74) is 6.76. The highest BCUT2D eigenvalue weighted by atomic mass is 32.1. The molecule has 154 valence electrons. The van der Waals surface area contributed by atoms with Gasteiger partial charge in [0.25, 0.3) is 5.69 Å². The molecule has 7 nitrogen and oxygen atoms in total. The zero-order valence-corrected chi connectivity index (χ0v) is 17.5. The molecule has 0 atom stereocenters. The Balaban J connectivity index is 2.15. The Kier molecular flexibility index (Phi) is 5.71. The minimum absolute atomic E-state index is 0.116. The number of nitrogens with zero attached hydrogens (tertiary/aromatic N) is 1. The molecule has 30 heavy (non-hydrogen) atoms. The molecule has 3 aromatic rings. The van der Waals surface area contributed by atoms with Crippen LogP contribution in [0.25, 0.3) is 11.1 Å². The van der Waals surface area contributed by atoms with Gasteiger partial charge in [-0.15, -0.1) is 11.3 Å². The molecule has 1 heterocycles. The van der Waals surface area contributed by atoms with E-state index in [2.05, 4.69) is 0 Å². The zero-order valence-electron chi connectivity index (χ0n) is 16.7. The zero-order chi connectivity index (χ0) is 22.1. The van der Waals surface area contributed by atoms with E-state index in [4.69, 9.17) is 10.5 Å². The summed E-state index contributed by atoms with van der Waals surface area (Å²) in [6.45, 7) is 5.25. The molecule has 1 aromatic heterocycles. The molecule has 0 bridgehead atoms. The van der Waals surface area contributed by atoms with Gasteiger partial charge >= 0.3 is 5.97 Å². The SMILES string of the molecule is CC(C)(C)OC(=O)c1c(N)sc(C(=O)c2ccc([N+](=O)[O-])cc2)c1-c1ccccc1. The molecule has 0 aliphatic heterocycles. The average Bonchev–Trinajstić information content (AvgIpc) is 3.04. The number of non-ortho nitro benzene ring substituents is 1. The highest BCUT2D eigenvalue weighted by molar-refractivity contribution is 7.19. The van der Waals surface area contributed by atoms with Gasteiger partial charge in [0, 0.05) is 23.3 Å². The van der Waals surface area contributed by atoms with E-state index in [0.29, 0.717) is 11.1 Å². The minimum atomic E-state index is -0.734. The maximum atomic E-state index is 13.2. The second-order valence-electron chi connectivity index (χ2n) is 7.55. The van der Waals surface area contributed by atoms with Gasteiger partial charge in [-0.1, -0.05) is 30.3 Å². The van der Waals surface area contributed by atoms with Crippen molar-refractivity contribution < 1.29 is 19.2 Å². The molecular weight excluding hydrogens is 404 g/mol. The fraction of sp³-hybridized carbons (Fsp3) is 0.182. The van der Waals surface area contributed by atoms with E-state index < -0.39 is 16.5 Å². The number of rotatable bonds is 5.